The molecule has 3 unspecified atom stereocenters. The molecule has 0 radical (unpaired) electrons. The van der Waals surface area contributed by atoms with E-state index in [1.165, 1.54) is 44.0 Å². The minimum Gasteiger partial charge on any atom is -0.327 e. The van der Waals surface area contributed by atoms with Crippen LogP contribution in [0.3, 0.4) is 0 Å². The van der Waals surface area contributed by atoms with Gasteiger partial charge < -0.3 is 10.6 Å². The zero-order valence-electron chi connectivity index (χ0n) is 11.6. The van der Waals surface area contributed by atoms with Gasteiger partial charge in [0, 0.05) is 37.2 Å². The predicted octanol–water partition coefficient (Wildman–Crippen LogP) is 2.43. The van der Waals surface area contributed by atoms with Crippen LogP contribution in [0, 0.1) is 17.3 Å². The molecule has 0 spiro atoms. The van der Waals surface area contributed by atoms with E-state index >= 15 is 0 Å². The predicted molar refractivity (Wildman–Crippen MR) is 77.4 cm³/mol. The number of rotatable bonds is 2. The second kappa shape index (κ2) is 5.50. The lowest BCUT2D eigenvalue weighted by Gasteiger charge is -2.48. The topological polar surface area (TPSA) is 29.3 Å². The van der Waals surface area contributed by atoms with Crippen molar-refractivity contribution in [2.24, 2.45) is 23.0 Å². The van der Waals surface area contributed by atoms with E-state index in [0.717, 1.165) is 5.92 Å². The highest BCUT2D eigenvalue weighted by Gasteiger charge is 2.41. The molecule has 1 aliphatic heterocycles. The van der Waals surface area contributed by atoms with Gasteiger partial charge >= 0.3 is 0 Å². The fraction of sp³-hybridized carbons (Fsp3) is 1.00. The number of thioether (sulfide) groups is 1. The molecule has 2 fully saturated rings. The van der Waals surface area contributed by atoms with Crippen LogP contribution < -0.4 is 5.73 Å². The van der Waals surface area contributed by atoms with E-state index in [2.05, 4.69) is 37.4 Å². The summed E-state index contributed by atoms with van der Waals surface area (Å²) in [6.45, 7) is 11.1. The zero-order valence-corrected chi connectivity index (χ0v) is 12.4. The largest absolute Gasteiger partial charge is 0.327 e. The molecule has 0 aromatic heterocycles. The van der Waals surface area contributed by atoms with Crippen molar-refractivity contribution in [3.63, 3.8) is 0 Å². The van der Waals surface area contributed by atoms with Crippen molar-refractivity contribution in [3.8, 4) is 0 Å². The number of hydrogen-bond acceptors (Lipinski definition) is 3. The molecule has 1 heterocycles. The molecule has 1 saturated carbocycles. The first kappa shape index (κ1) is 13.7. The van der Waals surface area contributed by atoms with Crippen LogP contribution in [0.1, 0.15) is 33.6 Å². The molecule has 100 valence electrons. The summed E-state index contributed by atoms with van der Waals surface area (Å²) >= 11 is 2.10. The van der Waals surface area contributed by atoms with Crippen molar-refractivity contribution in [3.05, 3.63) is 0 Å². The van der Waals surface area contributed by atoms with Gasteiger partial charge in [-0.3, -0.25) is 0 Å². The molecule has 17 heavy (non-hydrogen) atoms. The van der Waals surface area contributed by atoms with Crippen LogP contribution >= 0.6 is 11.8 Å². The van der Waals surface area contributed by atoms with Gasteiger partial charge in [0.05, 0.1) is 0 Å². The van der Waals surface area contributed by atoms with E-state index in [0.29, 0.717) is 17.4 Å². The Morgan fingerprint density at radius 2 is 1.88 bits per heavy atom. The molecule has 0 amide bonds. The van der Waals surface area contributed by atoms with Crippen LogP contribution in [0.4, 0.5) is 0 Å². The van der Waals surface area contributed by atoms with E-state index in [1.54, 1.807) is 0 Å². The van der Waals surface area contributed by atoms with Crippen LogP contribution in [0.15, 0.2) is 0 Å². The first-order chi connectivity index (χ1) is 8.01. The van der Waals surface area contributed by atoms with Gasteiger partial charge in [0.15, 0.2) is 0 Å². The third-order valence-corrected chi connectivity index (χ3v) is 6.24. The highest BCUT2D eigenvalue weighted by molar-refractivity contribution is 7.99. The lowest BCUT2D eigenvalue weighted by Crippen LogP contribution is -2.50. The van der Waals surface area contributed by atoms with Gasteiger partial charge in [-0.1, -0.05) is 20.8 Å². The Morgan fingerprint density at radius 3 is 2.53 bits per heavy atom. The fourth-order valence-corrected chi connectivity index (χ4v) is 4.34. The number of nitrogens with zero attached hydrogens (tertiary/aromatic N) is 1. The van der Waals surface area contributed by atoms with Gasteiger partial charge in [-0.25, -0.2) is 0 Å². The molecule has 3 atom stereocenters. The molecule has 1 saturated heterocycles. The minimum atomic E-state index is 0.405. The summed E-state index contributed by atoms with van der Waals surface area (Å²) < 4.78 is 0. The van der Waals surface area contributed by atoms with Crippen LogP contribution in [-0.4, -0.2) is 42.1 Å². The van der Waals surface area contributed by atoms with E-state index in [-0.39, 0.29) is 0 Å². The maximum absolute atomic E-state index is 6.23. The maximum atomic E-state index is 6.23. The molecule has 0 aromatic rings. The van der Waals surface area contributed by atoms with Crippen LogP contribution in [0.25, 0.3) is 0 Å². The Bertz CT molecular complexity index is 249. The zero-order chi connectivity index (χ0) is 12.5. The van der Waals surface area contributed by atoms with Crippen molar-refractivity contribution < 1.29 is 0 Å². The lowest BCUT2D eigenvalue weighted by molar-refractivity contribution is 0.0307. The Labute approximate surface area is 111 Å². The van der Waals surface area contributed by atoms with Crippen LogP contribution in [0.5, 0.6) is 0 Å². The summed E-state index contributed by atoms with van der Waals surface area (Å²) in [7, 11) is 0. The Balaban J connectivity index is 1.95. The highest BCUT2D eigenvalue weighted by atomic mass is 32.2. The minimum absolute atomic E-state index is 0.405. The molecule has 2 aliphatic rings. The summed E-state index contributed by atoms with van der Waals surface area (Å²) in [6, 6.07) is 0.415. The van der Waals surface area contributed by atoms with Crippen molar-refractivity contribution >= 4 is 11.8 Å². The summed E-state index contributed by atoms with van der Waals surface area (Å²) in [5.74, 6) is 4.13. The normalized spacial score (nSPS) is 39.2. The molecule has 2 nitrogen and oxygen atoms in total. The maximum Gasteiger partial charge on any atom is 0.00728 e. The highest BCUT2D eigenvalue weighted by Crippen LogP contribution is 2.44. The van der Waals surface area contributed by atoms with Gasteiger partial charge in [-0.05, 0) is 30.1 Å². The van der Waals surface area contributed by atoms with Gasteiger partial charge in [0.25, 0.3) is 0 Å². The first-order valence-corrected chi connectivity index (χ1v) is 8.23. The average Bonchev–Trinajstić information content (AvgIpc) is 2.32. The van der Waals surface area contributed by atoms with Crippen molar-refractivity contribution in [1.82, 2.24) is 4.90 Å². The fourth-order valence-electron chi connectivity index (χ4n) is 3.36. The monoisotopic (exact) mass is 256 g/mol. The Hall–Kier alpha value is 0.270. The van der Waals surface area contributed by atoms with Gasteiger partial charge in [-0.15, -0.1) is 0 Å². The van der Waals surface area contributed by atoms with Crippen molar-refractivity contribution in [2.75, 3.05) is 31.1 Å². The van der Waals surface area contributed by atoms with E-state index in [4.69, 9.17) is 5.73 Å². The quantitative estimate of drug-likeness (QED) is 0.823. The smallest absolute Gasteiger partial charge is 0.00728 e. The molecule has 0 bridgehead atoms. The molecular formula is C14H28N2S. The average molecular weight is 256 g/mol. The Kier molecular flexibility index (Phi) is 4.43. The summed E-state index contributed by atoms with van der Waals surface area (Å²) in [5, 5.41) is 0. The third kappa shape index (κ3) is 2.99. The SMILES string of the molecule is CC1C(N)CCC(CN2CCSCC2)C1(C)C. The van der Waals surface area contributed by atoms with Crippen molar-refractivity contribution in [2.45, 2.75) is 39.7 Å². The molecule has 3 heteroatoms. The third-order valence-electron chi connectivity index (χ3n) is 5.30. The summed E-state index contributed by atoms with van der Waals surface area (Å²) in [5.41, 5.74) is 6.64. The van der Waals surface area contributed by atoms with Gasteiger partial charge in [0.1, 0.15) is 0 Å². The number of nitrogens with two attached hydrogens (primary N) is 1. The van der Waals surface area contributed by atoms with Gasteiger partial charge in [0.2, 0.25) is 0 Å². The molecule has 2 rings (SSSR count). The van der Waals surface area contributed by atoms with Crippen LogP contribution in [-0.2, 0) is 0 Å². The number of hydrogen-bond donors (Lipinski definition) is 1. The molecule has 1 aliphatic carbocycles. The van der Waals surface area contributed by atoms with E-state index in [1.807, 2.05) is 0 Å². The Morgan fingerprint density at radius 1 is 1.24 bits per heavy atom. The lowest BCUT2D eigenvalue weighted by atomic mass is 9.61. The molecular weight excluding hydrogens is 228 g/mol. The summed E-state index contributed by atoms with van der Waals surface area (Å²) in [6.07, 6.45) is 2.54. The second-order valence-corrected chi connectivity index (χ2v) is 7.69. The summed E-state index contributed by atoms with van der Waals surface area (Å²) in [4.78, 5) is 2.67. The molecule has 2 N–H and O–H groups in total. The van der Waals surface area contributed by atoms with Gasteiger partial charge in [-0.2, -0.15) is 11.8 Å². The molecule has 0 aromatic carbocycles. The van der Waals surface area contributed by atoms with E-state index in [9.17, 15) is 0 Å². The standard InChI is InChI=1S/C14H28N2S/c1-11-13(15)5-4-12(14(11,2)3)10-16-6-8-17-9-7-16/h11-13H,4-10,15H2,1-3H3. The second-order valence-electron chi connectivity index (χ2n) is 6.46. The first-order valence-electron chi connectivity index (χ1n) is 7.07. The van der Waals surface area contributed by atoms with E-state index < -0.39 is 0 Å². The van der Waals surface area contributed by atoms with Crippen molar-refractivity contribution in [1.29, 1.82) is 0 Å². The van der Waals surface area contributed by atoms with Crippen LogP contribution in [0.2, 0.25) is 0 Å².